The van der Waals surface area contributed by atoms with Gasteiger partial charge in [-0.15, -0.1) is 0 Å². The molecular weight excluding hydrogens is 484 g/mol. The number of hydrogen-bond donors (Lipinski definition) is 0. The number of aryl methyl sites for hydroxylation is 4. The Labute approximate surface area is 221 Å². The summed E-state index contributed by atoms with van der Waals surface area (Å²) in [7, 11) is 1.62. The van der Waals surface area contributed by atoms with Gasteiger partial charge in [0, 0.05) is 31.3 Å². The number of amides is 1. The Hall–Kier alpha value is -4.01. The highest BCUT2D eigenvalue weighted by Crippen LogP contribution is 2.37. The molecule has 0 bridgehead atoms. The molecule has 2 aromatic carbocycles. The average Bonchev–Trinajstić information content (AvgIpc) is 3.29. The number of cyclic esters (lactones) is 1. The van der Waals surface area contributed by atoms with Crippen molar-refractivity contribution in [2.75, 3.05) is 33.4 Å². The van der Waals surface area contributed by atoms with E-state index < -0.39 is 0 Å². The van der Waals surface area contributed by atoms with Gasteiger partial charge in [0.05, 0.1) is 31.6 Å². The van der Waals surface area contributed by atoms with E-state index in [9.17, 15) is 9.59 Å². The molecule has 0 unspecified atom stereocenters. The van der Waals surface area contributed by atoms with E-state index in [4.69, 9.17) is 19.2 Å². The molecule has 1 aromatic heterocycles. The highest BCUT2D eigenvalue weighted by Gasteiger charge is 2.25. The molecule has 2 aliphatic heterocycles. The number of nitrogens with zero attached hydrogens (tertiary/aromatic N) is 4. The van der Waals surface area contributed by atoms with Crippen molar-refractivity contribution in [3.05, 3.63) is 68.6 Å². The van der Waals surface area contributed by atoms with Gasteiger partial charge in [0.2, 0.25) is 0 Å². The van der Waals surface area contributed by atoms with Crippen molar-refractivity contribution < 1.29 is 19.0 Å². The molecular formula is C29H34N4O5. The lowest BCUT2D eigenvalue weighted by molar-refractivity contribution is 0.157. The molecule has 0 aliphatic carbocycles. The Kier molecular flexibility index (Phi) is 7.01. The Morgan fingerprint density at radius 2 is 1.74 bits per heavy atom. The van der Waals surface area contributed by atoms with Gasteiger partial charge in [0.1, 0.15) is 12.1 Å². The first-order valence-electron chi connectivity index (χ1n) is 13.0. The van der Waals surface area contributed by atoms with Crippen LogP contribution in [-0.4, -0.2) is 53.5 Å². The molecule has 1 saturated heterocycles. The van der Waals surface area contributed by atoms with E-state index in [1.165, 1.54) is 0 Å². The summed E-state index contributed by atoms with van der Waals surface area (Å²) in [6.07, 6.45) is 0.343. The van der Waals surface area contributed by atoms with Gasteiger partial charge in [-0.1, -0.05) is 17.7 Å². The van der Waals surface area contributed by atoms with Crippen LogP contribution in [0.3, 0.4) is 0 Å². The first-order chi connectivity index (χ1) is 18.3. The van der Waals surface area contributed by atoms with Crippen LogP contribution in [0.2, 0.25) is 0 Å². The van der Waals surface area contributed by atoms with E-state index in [1.807, 2.05) is 39.0 Å². The average molecular weight is 519 g/mol. The largest absolute Gasteiger partial charge is 0.493 e. The third kappa shape index (κ3) is 4.68. The summed E-state index contributed by atoms with van der Waals surface area (Å²) in [6, 6.07) is 10.1. The maximum Gasteiger partial charge on any atom is 0.410 e. The lowest BCUT2D eigenvalue weighted by atomic mass is 9.97. The third-order valence-electron chi connectivity index (χ3n) is 7.17. The summed E-state index contributed by atoms with van der Waals surface area (Å²) < 4.78 is 20.0. The van der Waals surface area contributed by atoms with E-state index in [1.54, 1.807) is 21.1 Å². The summed E-state index contributed by atoms with van der Waals surface area (Å²) in [4.78, 5) is 32.7. The van der Waals surface area contributed by atoms with Crippen LogP contribution in [0.4, 0.5) is 10.5 Å². The molecule has 5 rings (SSSR count). The zero-order chi connectivity index (χ0) is 27.0. The van der Waals surface area contributed by atoms with Gasteiger partial charge < -0.3 is 19.1 Å². The third-order valence-corrected chi connectivity index (χ3v) is 7.17. The Morgan fingerprint density at radius 1 is 0.974 bits per heavy atom. The van der Waals surface area contributed by atoms with Crippen LogP contribution in [0, 0.1) is 20.8 Å². The summed E-state index contributed by atoms with van der Waals surface area (Å²) in [6.45, 7) is 10.7. The molecule has 1 amide bonds. The van der Waals surface area contributed by atoms with Crippen LogP contribution < -0.4 is 20.7 Å². The molecule has 0 spiro atoms. The van der Waals surface area contributed by atoms with E-state index in [0.29, 0.717) is 62.8 Å². The molecule has 200 valence electrons. The van der Waals surface area contributed by atoms with E-state index in [-0.39, 0.29) is 11.8 Å². The molecule has 3 aromatic rings. The van der Waals surface area contributed by atoms with Crippen molar-refractivity contribution in [2.45, 2.75) is 47.2 Å². The molecule has 0 radical (unpaired) electrons. The van der Waals surface area contributed by atoms with E-state index >= 15 is 0 Å². The second-order valence-electron chi connectivity index (χ2n) is 9.78. The lowest BCUT2D eigenvalue weighted by Crippen LogP contribution is -2.44. The topological polar surface area (TPSA) is 87.3 Å². The number of benzene rings is 2. The predicted octanol–water partition coefficient (Wildman–Crippen LogP) is 3.89. The minimum Gasteiger partial charge on any atom is -0.493 e. The van der Waals surface area contributed by atoms with Crippen LogP contribution in [0.15, 0.2) is 40.1 Å². The first-order valence-corrected chi connectivity index (χ1v) is 13.0. The summed E-state index contributed by atoms with van der Waals surface area (Å²) in [5.41, 5.74) is 7.29. The second kappa shape index (κ2) is 10.4. The maximum atomic E-state index is 13.9. The number of ether oxygens (including phenoxy) is 3. The number of hydrogen-bond acceptors (Lipinski definition) is 6. The number of rotatable bonds is 7. The summed E-state index contributed by atoms with van der Waals surface area (Å²) >= 11 is 0. The fourth-order valence-corrected chi connectivity index (χ4v) is 5.39. The van der Waals surface area contributed by atoms with Gasteiger partial charge in [-0.05, 0) is 62.9 Å². The van der Waals surface area contributed by atoms with Crippen LogP contribution in [-0.2, 0) is 24.2 Å². The van der Waals surface area contributed by atoms with Crippen molar-refractivity contribution in [1.82, 2.24) is 14.0 Å². The fraction of sp³-hybridized carbons (Fsp3) is 0.414. The number of carbonyl (C=O) groups is 1. The van der Waals surface area contributed by atoms with Crippen molar-refractivity contribution in [1.29, 1.82) is 0 Å². The van der Waals surface area contributed by atoms with Gasteiger partial charge in [0.15, 0.2) is 11.5 Å². The molecule has 0 N–H and O–H groups in total. The minimum absolute atomic E-state index is 0.158. The highest BCUT2D eigenvalue weighted by atomic mass is 16.6. The molecule has 1 fully saturated rings. The van der Waals surface area contributed by atoms with Crippen LogP contribution in [0.1, 0.15) is 29.2 Å². The smallest absolute Gasteiger partial charge is 0.410 e. The zero-order valence-electron chi connectivity index (χ0n) is 22.7. The van der Waals surface area contributed by atoms with Gasteiger partial charge in [0.25, 0.3) is 0 Å². The molecule has 38 heavy (non-hydrogen) atoms. The number of methoxy groups -OCH3 is 1. The Morgan fingerprint density at radius 3 is 2.39 bits per heavy atom. The minimum atomic E-state index is -0.349. The SMILES string of the molecule is CCOc1cc2c(cc1OC)-c1c/c(=N\c3c(C)cc(C)cc3C)n(CCN3CCOC3=O)c(=O)n1CC2. The van der Waals surface area contributed by atoms with Crippen molar-refractivity contribution in [2.24, 2.45) is 4.99 Å². The van der Waals surface area contributed by atoms with Crippen LogP contribution in [0.5, 0.6) is 11.5 Å². The normalized spacial score (nSPS) is 14.8. The maximum absolute atomic E-state index is 13.9. The molecule has 3 heterocycles. The van der Waals surface area contributed by atoms with Crippen molar-refractivity contribution >= 4 is 11.8 Å². The quantitative estimate of drug-likeness (QED) is 0.474. The second-order valence-corrected chi connectivity index (χ2v) is 9.78. The number of aromatic nitrogens is 2. The van der Waals surface area contributed by atoms with Gasteiger partial charge in [-0.2, -0.15) is 0 Å². The van der Waals surface area contributed by atoms with Gasteiger partial charge >= 0.3 is 11.8 Å². The predicted molar refractivity (Wildman–Crippen MR) is 144 cm³/mol. The lowest BCUT2D eigenvalue weighted by Gasteiger charge is -2.25. The summed E-state index contributed by atoms with van der Waals surface area (Å²) in [5.74, 6) is 1.32. The fourth-order valence-electron chi connectivity index (χ4n) is 5.39. The van der Waals surface area contributed by atoms with Gasteiger partial charge in [-0.25, -0.2) is 14.6 Å². The van der Waals surface area contributed by atoms with Crippen LogP contribution in [0.25, 0.3) is 11.3 Å². The van der Waals surface area contributed by atoms with Gasteiger partial charge in [-0.3, -0.25) is 9.13 Å². The first kappa shape index (κ1) is 25.6. The standard InChI is InChI=1S/C29H34N4O5/c1-6-37-25-15-21-7-8-32-23(22(21)16-24(25)36-5)17-26(30-27-19(3)13-18(2)14-20(27)4)33(28(32)34)10-9-31-11-12-38-29(31)35/h13-17H,6-12H2,1-5H3/b30-26+. The molecule has 9 nitrogen and oxygen atoms in total. The van der Waals surface area contributed by atoms with Crippen molar-refractivity contribution in [3.63, 3.8) is 0 Å². The number of fused-ring (bicyclic) bond motifs is 3. The Bertz CT molecular complexity index is 1510. The molecule has 0 saturated carbocycles. The van der Waals surface area contributed by atoms with E-state index in [2.05, 4.69) is 19.1 Å². The summed E-state index contributed by atoms with van der Waals surface area (Å²) in [5, 5.41) is 0. The number of carbonyl (C=O) groups excluding carboxylic acids is 1. The molecule has 0 atom stereocenters. The van der Waals surface area contributed by atoms with Crippen molar-refractivity contribution in [3.8, 4) is 22.8 Å². The zero-order valence-corrected chi connectivity index (χ0v) is 22.7. The Balaban J connectivity index is 1.71. The molecule has 9 heteroatoms. The molecule has 2 aliphatic rings. The highest BCUT2D eigenvalue weighted by molar-refractivity contribution is 5.70. The van der Waals surface area contributed by atoms with Crippen LogP contribution >= 0.6 is 0 Å². The monoisotopic (exact) mass is 518 g/mol. The van der Waals surface area contributed by atoms with E-state index in [0.717, 1.165) is 39.2 Å².